The molecule has 2 rings (SSSR count). The number of aliphatic hydroxyl groups excluding tert-OH is 1. The molecule has 1 aliphatic rings. The second-order valence-electron chi connectivity index (χ2n) is 6.03. The van der Waals surface area contributed by atoms with Crippen LogP contribution in [-0.2, 0) is 0 Å². The van der Waals surface area contributed by atoms with E-state index in [0.29, 0.717) is 11.8 Å². The highest BCUT2D eigenvalue weighted by Crippen LogP contribution is 2.40. The third kappa shape index (κ3) is 2.63. The Balaban J connectivity index is 2.11. The van der Waals surface area contributed by atoms with Gasteiger partial charge in [0.15, 0.2) is 0 Å². The maximum atomic E-state index is 9.53. The van der Waals surface area contributed by atoms with E-state index in [4.69, 9.17) is 4.74 Å². The predicted octanol–water partition coefficient (Wildman–Crippen LogP) is 3.21. The fraction of sp³-hybridized carbons (Fsp3) is 0.600. The van der Waals surface area contributed by atoms with E-state index < -0.39 is 0 Å². The summed E-state index contributed by atoms with van der Waals surface area (Å²) >= 11 is 0. The van der Waals surface area contributed by atoms with E-state index in [1.165, 1.54) is 5.56 Å². The van der Waals surface area contributed by atoms with Gasteiger partial charge in [-0.25, -0.2) is 0 Å². The summed E-state index contributed by atoms with van der Waals surface area (Å²) in [6, 6.07) is 8.24. The first-order valence-electron chi connectivity index (χ1n) is 6.35. The van der Waals surface area contributed by atoms with Crippen LogP contribution in [0.2, 0.25) is 0 Å². The van der Waals surface area contributed by atoms with Crippen LogP contribution in [0.3, 0.4) is 0 Å². The van der Waals surface area contributed by atoms with Crippen LogP contribution < -0.4 is 4.74 Å². The highest BCUT2D eigenvalue weighted by atomic mass is 16.5. The molecule has 2 unspecified atom stereocenters. The third-order valence-electron chi connectivity index (χ3n) is 3.81. The van der Waals surface area contributed by atoms with Gasteiger partial charge in [0, 0.05) is 18.1 Å². The fourth-order valence-electron chi connectivity index (χ4n) is 2.47. The van der Waals surface area contributed by atoms with Crippen molar-refractivity contribution in [3.8, 4) is 5.75 Å². The summed E-state index contributed by atoms with van der Waals surface area (Å²) in [6.45, 7) is 7.58. The molecule has 1 aliphatic heterocycles. The van der Waals surface area contributed by atoms with E-state index in [-0.39, 0.29) is 12.0 Å². The minimum atomic E-state index is 0.145. The quantitative estimate of drug-likeness (QED) is 0.870. The smallest absolute Gasteiger partial charge is 0.122 e. The summed E-state index contributed by atoms with van der Waals surface area (Å²) in [5.41, 5.74) is 1.45. The molecule has 0 aromatic heterocycles. The molecule has 2 nitrogen and oxygen atoms in total. The highest BCUT2D eigenvalue weighted by molar-refractivity contribution is 5.39. The monoisotopic (exact) mass is 234 g/mol. The van der Waals surface area contributed by atoms with Crippen LogP contribution in [0.15, 0.2) is 24.3 Å². The lowest BCUT2D eigenvalue weighted by Crippen LogP contribution is -2.26. The molecule has 17 heavy (non-hydrogen) atoms. The molecule has 0 saturated carbocycles. The van der Waals surface area contributed by atoms with Gasteiger partial charge >= 0.3 is 0 Å². The Morgan fingerprint density at radius 2 is 2.06 bits per heavy atom. The van der Waals surface area contributed by atoms with Gasteiger partial charge in [-0.2, -0.15) is 0 Å². The molecule has 1 aromatic rings. The number of fused-ring (bicyclic) bond motifs is 1. The van der Waals surface area contributed by atoms with E-state index in [1.54, 1.807) is 0 Å². The van der Waals surface area contributed by atoms with Crippen LogP contribution in [0, 0.1) is 11.3 Å². The zero-order chi connectivity index (χ0) is 12.5. The largest absolute Gasteiger partial charge is 0.493 e. The van der Waals surface area contributed by atoms with Crippen LogP contribution in [0.4, 0.5) is 0 Å². The van der Waals surface area contributed by atoms with Crippen LogP contribution in [0.25, 0.3) is 0 Å². The molecule has 2 atom stereocenters. The molecule has 0 amide bonds. The molecule has 94 valence electrons. The standard InChI is InChI=1S/C15H22O2/c1-15(2,3)12(9-16)8-11-10-17-14-7-5-4-6-13(11)14/h4-7,11-12,16H,8-10H2,1-3H3. The fourth-order valence-corrected chi connectivity index (χ4v) is 2.47. The summed E-state index contributed by atoms with van der Waals surface area (Å²) in [6.07, 6.45) is 0.997. The van der Waals surface area contributed by atoms with Gasteiger partial charge in [0.05, 0.1) is 6.61 Å². The van der Waals surface area contributed by atoms with Crippen molar-refractivity contribution in [2.45, 2.75) is 33.1 Å². The normalized spacial score (nSPS) is 20.8. The average molecular weight is 234 g/mol. The van der Waals surface area contributed by atoms with E-state index in [2.05, 4.69) is 32.9 Å². The molecule has 1 N–H and O–H groups in total. The molecule has 0 saturated heterocycles. The molecule has 0 bridgehead atoms. The summed E-state index contributed by atoms with van der Waals surface area (Å²) in [4.78, 5) is 0. The van der Waals surface area contributed by atoms with Crippen molar-refractivity contribution < 1.29 is 9.84 Å². The maximum Gasteiger partial charge on any atom is 0.122 e. The molecular weight excluding hydrogens is 212 g/mol. The van der Waals surface area contributed by atoms with Gasteiger partial charge in [-0.3, -0.25) is 0 Å². The van der Waals surface area contributed by atoms with Crippen LogP contribution >= 0.6 is 0 Å². The van der Waals surface area contributed by atoms with E-state index >= 15 is 0 Å². The zero-order valence-corrected chi connectivity index (χ0v) is 10.9. The van der Waals surface area contributed by atoms with Crippen LogP contribution in [0.5, 0.6) is 5.75 Å². The summed E-state index contributed by atoms with van der Waals surface area (Å²) in [7, 11) is 0. The van der Waals surface area contributed by atoms with Crippen molar-refractivity contribution in [1.29, 1.82) is 0 Å². The second-order valence-corrected chi connectivity index (χ2v) is 6.03. The topological polar surface area (TPSA) is 29.5 Å². The Labute approximate surface area is 104 Å². The lowest BCUT2D eigenvalue weighted by atomic mass is 9.75. The van der Waals surface area contributed by atoms with Crippen molar-refractivity contribution in [1.82, 2.24) is 0 Å². The van der Waals surface area contributed by atoms with Gasteiger partial charge in [-0.15, -0.1) is 0 Å². The van der Waals surface area contributed by atoms with E-state index in [0.717, 1.165) is 18.8 Å². The predicted molar refractivity (Wildman–Crippen MR) is 69.3 cm³/mol. The highest BCUT2D eigenvalue weighted by Gasteiger charge is 2.31. The number of hydrogen-bond donors (Lipinski definition) is 1. The Morgan fingerprint density at radius 1 is 1.35 bits per heavy atom. The van der Waals surface area contributed by atoms with Crippen molar-refractivity contribution in [2.75, 3.05) is 13.2 Å². The number of rotatable bonds is 3. The molecule has 0 radical (unpaired) electrons. The molecule has 0 fully saturated rings. The minimum Gasteiger partial charge on any atom is -0.493 e. The molecule has 0 spiro atoms. The second kappa shape index (κ2) is 4.69. The van der Waals surface area contributed by atoms with Crippen molar-refractivity contribution >= 4 is 0 Å². The van der Waals surface area contributed by atoms with Crippen LogP contribution in [0.1, 0.15) is 38.7 Å². The first kappa shape index (κ1) is 12.4. The third-order valence-corrected chi connectivity index (χ3v) is 3.81. The number of benzene rings is 1. The van der Waals surface area contributed by atoms with E-state index in [1.807, 2.05) is 12.1 Å². The Kier molecular flexibility index (Phi) is 3.43. The van der Waals surface area contributed by atoms with Crippen molar-refractivity contribution in [3.63, 3.8) is 0 Å². The zero-order valence-electron chi connectivity index (χ0n) is 10.9. The molecule has 2 heteroatoms. The number of ether oxygens (including phenoxy) is 1. The molecule has 0 aliphatic carbocycles. The Morgan fingerprint density at radius 3 is 2.71 bits per heavy atom. The number of hydrogen-bond acceptors (Lipinski definition) is 2. The summed E-state index contributed by atoms with van der Waals surface area (Å²) in [5, 5.41) is 9.53. The Hall–Kier alpha value is -1.02. The van der Waals surface area contributed by atoms with Gasteiger partial charge in [0.25, 0.3) is 0 Å². The first-order chi connectivity index (χ1) is 8.02. The van der Waals surface area contributed by atoms with Crippen molar-refractivity contribution in [2.24, 2.45) is 11.3 Å². The molecule has 1 heterocycles. The molecule has 1 aromatic carbocycles. The molecular formula is C15H22O2. The minimum absolute atomic E-state index is 0.145. The number of para-hydroxylation sites is 1. The average Bonchev–Trinajstić information content (AvgIpc) is 2.67. The van der Waals surface area contributed by atoms with Crippen molar-refractivity contribution in [3.05, 3.63) is 29.8 Å². The van der Waals surface area contributed by atoms with E-state index in [9.17, 15) is 5.11 Å². The number of aliphatic hydroxyl groups is 1. The summed E-state index contributed by atoms with van der Waals surface area (Å²) < 4.78 is 5.69. The SMILES string of the molecule is CC(C)(C)C(CO)CC1COc2ccccc21. The maximum absolute atomic E-state index is 9.53. The lowest BCUT2D eigenvalue weighted by Gasteiger charge is -2.30. The Bertz CT molecular complexity index is 379. The van der Waals surface area contributed by atoms with Gasteiger partial charge in [-0.05, 0) is 23.8 Å². The van der Waals surface area contributed by atoms with Gasteiger partial charge < -0.3 is 9.84 Å². The van der Waals surface area contributed by atoms with Gasteiger partial charge in [0.1, 0.15) is 5.75 Å². The first-order valence-corrected chi connectivity index (χ1v) is 6.35. The summed E-state index contributed by atoms with van der Waals surface area (Å²) in [5.74, 6) is 1.77. The van der Waals surface area contributed by atoms with Gasteiger partial charge in [0.2, 0.25) is 0 Å². The van der Waals surface area contributed by atoms with Gasteiger partial charge in [-0.1, -0.05) is 39.0 Å². The lowest BCUT2D eigenvalue weighted by molar-refractivity contribution is 0.113. The van der Waals surface area contributed by atoms with Crippen LogP contribution in [-0.4, -0.2) is 18.3 Å².